The van der Waals surface area contributed by atoms with Gasteiger partial charge in [0.25, 0.3) is 0 Å². The van der Waals surface area contributed by atoms with Gasteiger partial charge in [-0.05, 0) is 88.0 Å². The summed E-state index contributed by atoms with van der Waals surface area (Å²) >= 11 is 0. The zero-order valence-electron chi connectivity index (χ0n) is 33.6. The minimum Gasteiger partial charge on any atom is -0.309 e. The highest BCUT2D eigenvalue weighted by Crippen LogP contribution is 2.39. The Balaban J connectivity index is 0.947. The molecule has 0 atom stereocenters. The van der Waals surface area contributed by atoms with E-state index in [1.54, 1.807) is 0 Å². The van der Waals surface area contributed by atoms with Crippen molar-refractivity contribution in [2.75, 3.05) is 0 Å². The van der Waals surface area contributed by atoms with Gasteiger partial charge < -0.3 is 4.57 Å². The molecule has 0 saturated heterocycles. The van der Waals surface area contributed by atoms with Crippen LogP contribution in [0, 0.1) is 0 Å². The van der Waals surface area contributed by atoms with Crippen LogP contribution in [0.25, 0.3) is 111 Å². The van der Waals surface area contributed by atoms with Crippen LogP contribution in [0.1, 0.15) is 0 Å². The minimum atomic E-state index is 0.584. The second kappa shape index (κ2) is 14.7. The fourth-order valence-electron chi connectivity index (χ4n) is 8.99. The van der Waals surface area contributed by atoms with Crippen molar-refractivity contribution in [3.8, 4) is 67.8 Å². The molecule has 290 valence electrons. The van der Waals surface area contributed by atoms with Crippen LogP contribution in [0.3, 0.4) is 0 Å². The van der Waals surface area contributed by atoms with E-state index >= 15 is 0 Å². The lowest BCUT2D eigenvalue weighted by Gasteiger charge is -2.11. The smallest absolute Gasteiger partial charge is 0.238 e. The topological polar surface area (TPSA) is 48.5 Å². The number of aromatic nitrogens is 5. The summed E-state index contributed by atoms with van der Waals surface area (Å²) in [6.45, 7) is 0. The Morgan fingerprint density at radius 3 is 1.10 bits per heavy atom. The number of nitrogens with zero attached hydrogens (tertiary/aromatic N) is 5. The van der Waals surface area contributed by atoms with Gasteiger partial charge in [-0.25, -0.2) is 4.98 Å². The molecule has 12 rings (SSSR count). The molecule has 0 spiro atoms. The molecule has 0 amide bonds. The van der Waals surface area contributed by atoms with Gasteiger partial charge in [-0.15, -0.1) is 0 Å². The van der Waals surface area contributed by atoms with Crippen LogP contribution in [-0.4, -0.2) is 24.1 Å². The van der Waals surface area contributed by atoms with Gasteiger partial charge in [-0.2, -0.15) is 9.97 Å². The monoisotopic (exact) mass is 791 g/mol. The lowest BCUT2D eigenvalue weighted by atomic mass is 9.97. The van der Waals surface area contributed by atoms with Gasteiger partial charge in [0.15, 0.2) is 11.6 Å². The van der Waals surface area contributed by atoms with Crippen molar-refractivity contribution < 1.29 is 0 Å². The quantitative estimate of drug-likeness (QED) is 0.162. The number of benzene rings is 9. The zero-order chi connectivity index (χ0) is 41.0. The fourth-order valence-corrected chi connectivity index (χ4v) is 8.99. The van der Waals surface area contributed by atoms with Gasteiger partial charge in [-0.3, -0.25) is 4.57 Å². The number of fused-ring (bicyclic) bond motifs is 6. The maximum Gasteiger partial charge on any atom is 0.238 e. The molecule has 5 heteroatoms. The van der Waals surface area contributed by atoms with E-state index in [0.29, 0.717) is 17.6 Å². The van der Waals surface area contributed by atoms with E-state index in [4.69, 9.17) is 15.0 Å². The van der Waals surface area contributed by atoms with Gasteiger partial charge in [-0.1, -0.05) is 170 Å². The van der Waals surface area contributed by atoms with Gasteiger partial charge in [0.1, 0.15) is 0 Å². The maximum atomic E-state index is 5.10. The summed E-state index contributed by atoms with van der Waals surface area (Å²) in [4.78, 5) is 15.1. The highest BCUT2D eigenvalue weighted by Gasteiger charge is 2.19. The first kappa shape index (κ1) is 35.5. The Morgan fingerprint density at radius 2 is 0.597 bits per heavy atom. The normalized spacial score (nSPS) is 11.5. The molecule has 0 aliphatic heterocycles. The summed E-state index contributed by atoms with van der Waals surface area (Å²) in [7, 11) is 0. The second-order valence-corrected chi connectivity index (χ2v) is 15.7. The van der Waals surface area contributed by atoms with Crippen LogP contribution < -0.4 is 0 Å². The van der Waals surface area contributed by atoms with E-state index < -0.39 is 0 Å². The molecule has 0 fully saturated rings. The third kappa shape index (κ3) is 6.06. The summed E-state index contributed by atoms with van der Waals surface area (Å²) in [6.07, 6.45) is 0. The average Bonchev–Trinajstić information content (AvgIpc) is 3.87. The molecule has 3 aromatic heterocycles. The van der Waals surface area contributed by atoms with E-state index in [1.807, 2.05) is 60.7 Å². The third-order valence-electron chi connectivity index (χ3n) is 12.0. The standard InChI is InChI=1S/C57H37N5/c1-5-15-38(16-6-1)43-29-32-52-49(36-43)50-37-45(30-33-53(50)61(52)46-21-11-4-12-22-46)40-27-25-39(26-28-40)44-31-34-54-48(35-44)47-23-13-14-24-51(47)62(54)57-59-55(41-17-7-2-8-18-41)58-56(60-57)42-19-9-3-10-20-42/h1-37H. The van der Waals surface area contributed by atoms with Crippen molar-refractivity contribution in [1.29, 1.82) is 0 Å². The van der Waals surface area contributed by atoms with Gasteiger partial charge in [0, 0.05) is 38.4 Å². The molecule has 0 aliphatic rings. The van der Waals surface area contributed by atoms with Crippen LogP contribution in [0.2, 0.25) is 0 Å². The molecule has 0 aliphatic carbocycles. The zero-order valence-corrected chi connectivity index (χ0v) is 33.6. The first-order valence-corrected chi connectivity index (χ1v) is 20.9. The molecule has 9 aromatic carbocycles. The van der Waals surface area contributed by atoms with Crippen molar-refractivity contribution in [3.63, 3.8) is 0 Å². The highest BCUT2D eigenvalue weighted by atomic mass is 15.2. The minimum absolute atomic E-state index is 0.584. The maximum absolute atomic E-state index is 5.10. The van der Waals surface area contributed by atoms with E-state index in [0.717, 1.165) is 49.7 Å². The van der Waals surface area contributed by atoms with E-state index in [9.17, 15) is 0 Å². The largest absolute Gasteiger partial charge is 0.309 e. The van der Waals surface area contributed by atoms with Crippen molar-refractivity contribution in [2.24, 2.45) is 0 Å². The van der Waals surface area contributed by atoms with E-state index in [2.05, 4.69) is 173 Å². The highest BCUT2D eigenvalue weighted by molar-refractivity contribution is 6.12. The van der Waals surface area contributed by atoms with Crippen molar-refractivity contribution in [3.05, 3.63) is 224 Å². The Bertz CT molecular complexity index is 3540. The number of hydrogen-bond donors (Lipinski definition) is 0. The molecule has 3 heterocycles. The fraction of sp³-hybridized carbons (Fsp3) is 0. The van der Waals surface area contributed by atoms with Crippen LogP contribution in [-0.2, 0) is 0 Å². The third-order valence-corrected chi connectivity index (χ3v) is 12.0. The van der Waals surface area contributed by atoms with Crippen molar-refractivity contribution >= 4 is 43.6 Å². The summed E-state index contributed by atoms with van der Waals surface area (Å²) in [5.41, 5.74) is 14.6. The molecular weight excluding hydrogens is 755 g/mol. The van der Waals surface area contributed by atoms with Gasteiger partial charge >= 0.3 is 0 Å². The van der Waals surface area contributed by atoms with E-state index in [-0.39, 0.29) is 0 Å². The second-order valence-electron chi connectivity index (χ2n) is 15.7. The van der Waals surface area contributed by atoms with Gasteiger partial charge in [0.05, 0.1) is 22.1 Å². The van der Waals surface area contributed by atoms with Crippen molar-refractivity contribution in [2.45, 2.75) is 0 Å². The van der Waals surface area contributed by atoms with Crippen LogP contribution in [0.15, 0.2) is 224 Å². The summed E-state index contributed by atoms with van der Waals surface area (Å²) in [6, 6.07) is 79.5. The van der Waals surface area contributed by atoms with Crippen molar-refractivity contribution in [1.82, 2.24) is 24.1 Å². The molecular formula is C57H37N5. The molecule has 62 heavy (non-hydrogen) atoms. The Labute approximate surface area is 358 Å². The first-order valence-electron chi connectivity index (χ1n) is 20.9. The van der Waals surface area contributed by atoms with E-state index in [1.165, 1.54) is 44.1 Å². The Hall–Kier alpha value is -8.41. The predicted molar refractivity (Wildman–Crippen MR) is 256 cm³/mol. The SMILES string of the molecule is c1ccc(-c2ccc3c(c2)c2cc(-c4ccc(-c5ccc6c(c5)c5ccccc5n6-c5nc(-c6ccccc6)nc(-c6ccccc6)n5)cc4)ccc2n3-c2ccccc2)cc1. The predicted octanol–water partition coefficient (Wildman–Crippen LogP) is 14.4. The molecule has 12 aromatic rings. The first-order chi connectivity index (χ1) is 30.7. The molecule has 0 radical (unpaired) electrons. The lowest BCUT2D eigenvalue weighted by Crippen LogP contribution is -2.06. The molecule has 0 saturated carbocycles. The molecule has 0 N–H and O–H groups in total. The number of rotatable bonds is 7. The van der Waals surface area contributed by atoms with Gasteiger partial charge in [0.2, 0.25) is 5.95 Å². The van der Waals surface area contributed by atoms with Crippen LogP contribution in [0.4, 0.5) is 0 Å². The number of para-hydroxylation sites is 2. The summed E-state index contributed by atoms with van der Waals surface area (Å²) in [5.74, 6) is 1.85. The van der Waals surface area contributed by atoms with Crippen LogP contribution in [0.5, 0.6) is 0 Å². The van der Waals surface area contributed by atoms with Crippen LogP contribution >= 0.6 is 0 Å². The molecule has 0 bridgehead atoms. The Kier molecular flexibility index (Phi) is 8.42. The number of hydrogen-bond acceptors (Lipinski definition) is 3. The average molecular weight is 792 g/mol. The summed E-state index contributed by atoms with van der Waals surface area (Å²) < 4.78 is 4.55. The lowest BCUT2D eigenvalue weighted by molar-refractivity contribution is 0.953. The summed E-state index contributed by atoms with van der Waals surface area (Å²) in [5, 5.41) is 4.75. The molecule has 0 unspecified atom stereocenters. The Morgan fingerprint density at radius 1 is 0.242 bits per heavy atom. The molecule has 5 nitrogen and oxygen atoms in total.